The van der Waals surface area contributed by atoms with Gasteiger partial charge in [-0.3, -0.25) is 4.79 Å². The van der Waals surface area contributed by atoms with E-state index in [2.05, 4.69) is 21.2 Å². The Kier molecular flexibility index (Phi) is 5.76. The molecule has 0 aromatic heterocycles. The first kappa shape index (κ1) is 16.0. The van der Waals surface area contributed by atoms with Crippen molar-refractivity contribution >= 4 is 33.4 Å². The monoisotopic (exact) mass is 369 g/mol. The Morgan fingerprint density at radius 1 is 1.19 bits per heavy atom. The molecular formula is C16H14BrClFNO. The van der Waals surface area contributed by atoms with Crippen LogP contribution in [0.3, 0.4) is 0 Å². The van der Waals surface area contributed by atoms with Gasteiger partial charge in [-0.1, -0.05) is 36.4 Å². The summed E-state index contributed by atoms with van der Waals surface area (Å²) in [6.45, 7) is 0. The number of amides is 1. The highest BCUT2D eigenvalue weighted by molar-refractivity contribution is 9.10. The van der Waals surface area contributed by atoms with Crippen LogP contribution in [0.5, 0.6) is 0 Å². The van der Waals surface area contributed by atoms with Crippen molar-refractivity contribution in [2.45, 2.75) is 12.5 Å². The molecule has 0 saturated heterocycles. The number of benzene rings is 2. The Morgan fingerprint density at radius 2 is 1.90 bits per heavy atom. The molecule has 5 heteroatoms. The van der Waals surface area contributed by atoms with Crippen molar-refractivity contribution in [1.82, 2.24) is 5.32 Å². The van der Waals surface area contributed by atoms with E-state index in [1.54, 1.807) is 12.1 Å². The first-order valence-corrected chi connectivity index (χ1v) is 7.79. The van der Waals surface area contributed by atoms with E-state index in [9.17, 15) is 9.18 Å². The van der Waals surface area contributed by atoms with Crippen molar-refractivity contribution in [3.63, 3.8) is 0 Å². The number of halogens is 3. The molecule has 1 unspecified atom stereocenters. The second kappa shape index (κ2) is 7.57. The number of hydrogen-bond acceptors (Lipinski definition) is 1. The van der Waals surface area contributed by atoms with Gasteiger partial charge in [0, 0.05) is 11.9 Å². The number of rotatable bonds is 5. The average molecular weight is 371 g/mol. The van der Waals surface area contributed by atoms with E-state index in [1.165, 1.54) is 6.07 Å². The Bertz CT molecular complexity index is 621. The summed E-state index contributed by atoms with van der Waals surface area (Å²) >= 11 is 8.97. The number of alkyl halides is 1. The first-order valence-electron chi connectivity index (χ1n) is 6.46. The van der Waals surface area contributed by atoms with E-state index in [4.69, 9.17) is 11.6 Å². The normalized spacial score (nSPS) is 12.0. The maximum absolute atomic E-state index is 13.9. The minimum absolute atomic E-state index is 0.00699. The first-order chi connectivity index (χ1) is 10.1. The second-order valence-electron chi connectivity index (χ2n) is 4.62. The lowest BCUT2D eigenvalue weighted by atomic mass is 10.1. The molecule has 1 N–H and O–H groups in total. The maximum Gasteiger partial charge on any atom is 0.254 e. The number of nitrogens with one attached hydrogen (secondary N) is 1. The second-order valence-corrected chi connectivity index (χ2v) is 5.78. The third kappa shape index (κ3) is 4.29. The smallest absolute Gasteiger partial charge is 0.254 e. The number of carbonyl (C=O) groups excluding carboxylic acids is 1. The molecule has 1 atom stereocenters. The fraction of sp³-hybridized carbons (Fsp3) is 0.188. The van der Waals surface area contributed by atoms with Crippen LogP contribution in [-0.2, 0) is 6.42 Å². The average Bonchev–Trinajstić information content (AvgIpc) is 2.50. The number of hydrogen-bond donors (Lipinski definition) is 1. The summed E-state index contributed by atoms with van der Waals surface area (Å²) in [6, 6.07) is 14.1. The van der Waals surface area contributed by atoms with Crippen molar-refractivity contribution < 1.29 is 9.18 Å². The van der Waals surface area contributed by atoms with Gasteiger partial charge in [-0.15, -0.1) is 11.6 Å². The van der Waals surface area contributed by atoms with E-state index >= 15 is 0 Å². The van der Waals surface area contributed by atoms with Crippen molar-refractivity contribution in [3.8, 4) is 0 Å². The summed E-state index contributed by atoms with van der Waals surface area (Å²) < 4.78 is 14.2. The predicted molar refractivity (Wildman–Crippen MR) is 86.2 cm³/mol. The summed E-state index contributed by atoms with van der Waals surface area (Å²) in [7, 11) is 0. The van der Waals surface area contributed by atoms with Crippen LogP contribution in [-0.4, -0.2) is 17.8 Å². The Morgan fingerprint density at radius 3 is 2.57 bits per heavy atom. The molecule has 110 valence electrons. The molecule has 0 aliphatic heterocycles. The molecule has 2 aromatic rings. The molecule has 0 saturated carbocycles. The topological polar surface area (TPSA) is 29.1 Å². The third-order valence-corrected chi connectivity index (χ3v) is 4.03. The quantitative estimate of drug-likeness (QED) is 0.787. The van der Waals surface area contributed by atoms with Crippen LogP contribution in [0.1, 0.15) is 15.9 Å². The van der Waals surface area contributed by atoms with Crippen molar-refractivity contribution in [3.05, 3.63) is 69.9 Å². The van der Waals surface area contributed by atoms with Crippen LogP contribution in [0.15, 0.2) is 53.0 Å². The molecule has 2 aromatic carbocycles. The molecule has 0 radical (unpaired) electrons. The zero-order valence-electron chi connectivity index (χ0n) is 11.2. The van der Waals surface area contributed by atoms with Crippen molar-refractivity contribution in [2.24, 2.45) is 0 Å². The van der Waals surface area contributed by atoms with Gasteiger partial charge >= 0.3 is 0 Å². The Balaban J connectivity index is 2.08. The lowest BCUT2D eigenvalue weighted by molar-refractivity contribution is 0.0936. The molecule has 0 aliphatic carbocycles. The molecule has 1 amide bonds. The minimum atomic E-state index is -0.567. The van der Waals surface area contributed by atoms with Crippen LogP contribution >= 0.6 is 27.5 Å². The van der Waals surface area contributed by atoms with E-state index in [0.29, 0.717) is 6.42 Å². The van der Waals surface area contributed by atoms with Gasteiger partial charge in [-0.05, 0) is 40.0 Å². The maximum atomic E-state index is 13.9. The summed E-state index contributed by atoms with van der Waals surface area (Å²) in [4.78, 5) is 12.1. The van der Waals surface area contributed by atoms with Crippen LogP contribution < -0.4 is 5.32 Å². The van der Waals surface area contributed by atoms with Crippen LogP contribution in [0.25, 0.3) is 0 Å². The Hall–Kier alpha value is -1.39. The molecule has 21 heavy (non-hydrogen) atoms. The summed E-state index contributed by atoms with van der Waals surface area (Å²) in [5, 5.41) is 2.77. The summed E-state index contributed by atoms with van der Waals surface area (Å²) in [6.07, 6.45) is 0.603. The van der Waals surface area contributed by atoms with Crippen molar-refractivity contribution in [2.75, 3.05) is 5.88 Å². The fourth-order valence-corrected chi connectivity index (χ4v) is 2.54. The van der Waals surface area contributed by atoms with Gasteiger partial charge in [0.25, 0.3) is 5.91 Å². The van der Waals surface area contributed by atoms with E-state index in [0.717, 1.165) is 5.56 Å². The Labute approximate surface area is 136 Å². The standard InChI is InChI=1S/C16H14BrClFNO/c17-14-8-4-7-13(15(14)19)16(21)20-12(10-18)9-11-5-2-1-3-6-11/h1-8,12H,9-10H2,(H,20,21). The number of carbonyl (C=O) groups is 1. The van der Waals surface area contributed by atoms with Crippen molar-refractivity contribution in [1.29, 1.82) is 0 Å². The lowest BCUT2D eigenvalue weighted by Crippen LogP contribution is -2.38. The van der Waals surface area contributed by atoms with Gasteiger partial charge in [0.1, 0.15) is 5.82 Å². The van der Waals surface area contributed by atoms with E-state index < -0.39 is 11.7 Å². The molecule has 0 fully saturated rings. The zero-order chi connectivity index (χ0) is 15.2. The highest BCUT2D eigenvalue weighted by Gasteiger charge is 2.17. The molecule has 0 aliphatic rings. The molecule has 0 heterocycles. The van der Waals surface area contributed by atoms with Gasteiger partial charge in [0.15, 0.2) is 0 Å². The molecule has 0 bridgehead atoms. The molecule has 2 rings (SSSR count). The SMILES string of the molecule is O=C(NC(CCl)Cc1ccccc1)c1cccc(Br)c1F. The zero-order valence-corrected chi connectivity index (χ0v) is 13.5. The highest BCUT2D eigenvalue weighted by Crippen LogP contribution is 2.18. The fourth-order valence-electron chi connectivity index (χ4n) is 1.99. The van der Waals surface area contributed by atoms with Gasteiger partial charge < -0.3 is 5.32 Å². The van der Waals surface area contributed by atoms with E-state index in [-0.39, 0.29) is 22.0 Å². The van der Waals surface area contributed by atoms with Crippen LogP contribution in [0, 0.1) is 5.82 Å². The third-order valence-electron chi connectivity index (χ3n) is 3.04. The van der Waals surface area contributed by atoms with Crippen LogP contribution in [0.2, 0.25) is 0 Å². The summed E-state index contributed by atoms with van der Waals surface area (Å²) in [5.41, 5.74) is 1.07. The molecular weight excluding hydrogens is 357 g/mol. The molecule has 2 nitrogen and oxygen atoms in total. The minimum Gasteiger partial charge on any atom is -0.348 e. The largest absolute Gasteiger partial charge is 0.348 e. The molecule has 0 spiro atoms. The highest BCUT2D eigenvalue weighted by atomic mass is 79.9. The van der Waals surface area contributed by atoms with Gasteiger partial charge in [-0.2, -0.15) is 0 Å². The van der Waals surface area contributed by atoms with Gasteiger partial charge in [0.2, 0.25) is 0 Å². The van der Waals surface area contributed by atoms with Crippen LogP contribution in [0.4, 0.5) is 4.39 Å². The summed E-state index contributed by atoms with van der Waals surface area (Å²) in [5.74, 6) is -0.769. The predicted octanol–water partition coefficient (Wildman–Crippen LogP) is 4.17. The lowest BCUT2D eigenvalue weighted by Gasteiger charge is -2.16. The van der Waals surface area contributed by atoms with Gasteiger partial charge in [-0.25, -0.2) is 4.39 Å². The van der Waals surface area contributed by atoms with E-state index in [1.807, 2.05) is 30.3 Å². The van der Waals surface area contributed by atoms with Gasteiger partial charge in [0.05, 0.1) is 10.0 Å².